The summed E-state index contributed by atoms with van der Waals surface area (Å²) in [5.74, 6) is -1.30. The van der Waals surface area contributed by atoms with E-state index >= 15 is 0 Å². The number of benzene rings is 1. The van der Waals surface area contributed by atoms with Crippen molar-refractivity contribution in [3.05, 3.63) is 34.9 Å². The van der Waals surface area contributed by atoms with Gasteiger partial charge >= 0.3 is 0 Å². The van der Waals surface area contributed by atoms with Crippen molar-refractivity contribution in [2.45, 2.75) is 18.3 Å². The fraction of sp³-hybridized carbons (Fsp3) is 0.438. The van der Waals surface area contributed by atoms with Crippen LogP contribution < -0.4 is 0 Å². The van der Waals surface area contributed by atoms with Crippen molar-refractivity contribution in [3.63, 3.8) is 0 Å². The summed E-state index contributed by atoms with van der Waals surface area (Å²) in [7, 11) is 1.53. The molecule has 4 aliphatic rings. The first-order valence-electron chi connectivity index (χ1n) is 7.54. The number of imide groups is 1. The molecular weight excluding hydrogens is 320 g/mol. The van der Waals surface area contributed by atoms with Crippen LogP contribution in [0, 0.1) is 17.8 Å². The van der Waals surface area contributed by atoms with Crippen molar-refractivity contribution >= 4 is 29.1 Å². The second-order valence-corrected chi connectivity index (χ2v) is 6.87. The molecular formula is C16H13ClN2O4. The number of carbonyl (C=O) groups is 2. The molecule has 3 fully saturated rings. The molecule has 0 aliphatic carbocycles. The third-order valence-electron chi connectivity index (χ3n) is 5.40. The lowest BCUT2D eigenvalue weighted by Crippen LogP contribution is -2.45. The molecule has 4 aliphatic heterocycles. The van der Waals surface area contributed by atoms with Crippen LogP contribution in [0.25, 0.3) is 0 Å². The highest BCUT2D eigenvalue weighted by Crippen LogP contribution is 2.54. The summed E-state index contributed by atoms with van der Waals surface area (Å²) in [4.78, 5) is 31.5. The predicted molar refractivity (Wildman–Crippen MR) is 79.8 cm³/mol. The lowest BCUT2D eigenvalue weighted by molar-refractivity contribution is -0.141. The van der Waals surface area contributed by atoms with Crippen LogP contribution in [0.15, 0.2) is 29.4 Å². The van der Waals surface area contributed by atoms with Gasteiger partial charge in [0.2, 0.25) is 11.8 Å². The minimum absolute atomic E-state index is 0.120. The quantitative estimate of drug-likeness (QED) is 0.721. The second kappa shape index (κ2) is 4.33. The molecule has 0 N–H and O–H groups in total. The molecule has 1 aromatic carbocycles. The summed E-state index contributed by atoms with van der Waals surface area (Å²) in [6.07, 6.45) is -1.05. The minimum atomic E-state index is -0.432. The van der Waals surface area contributed by atoms with Crippen LogP contribution >= 0.6 is 11.6 Å². The number of amides is 2. The molecule has 118 valence electrons. The Labute approximate surface area is 137 Å². The predicted octanol–water partition coefficient (Wildman–Crippen LogP) is 1.07. The first-order valence-corrected chi connectivity index (χ1v) is 7.92. The summed E-state index contributed by atoms with van der Waals surface area (Å²) in [6.45, 7) is 0. The first kappa shape index (κ1) is 13.5. The molecule has 0 radical (unpaired) electrons. The zero-order valence-corrected chi connectivity index (χ0v) is 12.9. The number of ether oxygens (including phenoxy) is 1. The maximum absolute atomic E-state index is 12.4. The van der Waals surface area contributed by atoms with E-state index in [4.69, 9.17) is 21.2 Å². The van der Waals surface area contributed by atoms with Crippen LogP contribution in [0.2, 0.25) is 5.02 Å². The molecule has 2 bridgehead atoms. The van der Waals surface area contributed by atoms with Gasteiger partial charge in [-0.05, 0) is 17.7 Å². The third kappa shape index (κ3) is 1.55. The molecule has 23 heavy (non-hydrogen) atoms. The smallest absolute Gasteiger partial charge is 0.235 e. The van der Waals surface area contributed by atoms with Gasteiger partial charge in [0.25, 0.3) is 0 Å². The third-order valence-corrected chi connectivity index (χ3v) is 5.65. The van der Waals surface area contributed by atoms with E-state index in [1.165, 1.54) is 11.9 Å². The van der Waals surface area contributed by atoms with Crippen LogP contribution in [0.1, 0.15) is 5.56 Å². The van der Waals surface area contributed by atoms with Crippen LogP contribution in [-0.4, -0.2) is 47.8 Å². The summed E-state index contributed by atoms with van der Waals surface area (Å²) in [5, 5.41) is 4.86. The number of halogens is 1. The fourth-order valence-corrected chi connectivity index (χ4v) is 4.49. The summed E-state index contributed by atoms with van der Waals surface area (Å²) in [5.41, 5.74) is 1.67. The van der Waals surface area contributed by atoms with E-state index in [0.29, 0.717) is 5.02 Å². The molecule has 0 unspecified atom stereocenters. The van der Waals surface area contributed by atoms with E-state index in [0.717, 1.165) is 11.3 Å². The molecule has 0 spiro atoms. The fourth-order valence-electron chi connectivity index (χ4n) is 4.37. The van der Waals surface area contributed by atoms with Crippen molar-refractivity contribution in [2.24, 2.45) is 22.9 Å². The van der Waals surface area contributed by atoms with Crippen LogP contribution in [-0.2, 0) is 19.2 Å². The number of carbonyl (C=O) groups excluding carboxylic acids is 2. The minimum Gasteiger partial charge on any atom is -0.389 e. The Morgan fingerprint density at radius 1 is 1.00 bits per heavy atom. The molecule has 6 atom stereocenters. The van der Waals surface area contributed by atoms with Gasteiger partial charge in [-0.3, -0.25) is 14.5 Å². The van der Waals surface area contributed by atoms with Crippen molar-refractivity contribution < 1.29 is 19.2 Å². The zero-order valence-electron chi connectivity index (χ0n) is 12.2. The van der Waals surface area contributed by atoms with E-state index in [-0.39, 0.29) is 29.9 Å². The topological polar surface area (TPSA) is 68.2 Å². The van der Waals surface area contributed by atoms with E-state index in [9.17, 15) is 9.59 Å². The first-order chi connectivity index (χ1) is 11.1. The van der Waals surface area contributed by atoms with Crippen LogP contribution in [0.5, 0.6) is 0 Å². The average Bonchev–Trinajstić information content (AvgIpc) is 3.26. The van der Waals surface area contributed by atoms with Gasteiger partial charge in [-0.15, -0.1) is 0 Å². The highest BCUT2D eigenvalue weighted by molar-refractivity contribution is 6.30. The lowest BCUT2D eigenvalue weighted by atomic mass is 9.71. The zero-order chi connectivity index (χ0) is 15.9. The van der Waals surface area contributed by atoms with E-state index in [2.05, 4.69) is 5.16 Å². The van der Waals surface area contributed by atoms with Crippen molar-refractivity contribution in [1.29, 1.82) is 0 Å². The molecule has 0 saturated carbocycles. The Balaban J connectivity index is 1.53. The number of oxime groups is 1. The number of hydrogen-bond donors (Lipinski definition) is 0. The number of fused-ring (bicyclic) bond motifs is 8. The van der Waals surface area contributed by atoms with Crippen molar-refractivity contribution in [3.8, 4) is 0 Å². The van der Waals surface area contributed by atoms with Gasteiger partial charge in [-0.2, -0.15) is 0 Å². The van der Waals surface area contributed by atoms with Gasteiger partial charge in [0, 0.05) is 12.1 Å². The molecule has 4 heterocycles. The molecule has 6 nitrogen and oxygen atoms in total. The Morgan fingerprint density at radius 2 is 1.65 bits per heavy atom. The summed E-state index contributed by atoms with van der Waals surface area (Å²) in [6, 6.07) is 7.34. The van der Waals surface area contributed by atoms with E-state index < -0.39 is 17.9 Å². The Hall–Kier alpha value is -1.92. The van der Waals surface area contributed by atoms with E-state index in [1.54, 1.807) is 12.1 Å². The number of nitrogens with zero attached hydrogens (tertiary/aromatic N) is 2. The van der Waals surface area contributed by atoms with Gasteiger partial charge in [0.05, 0.1) is 29.6 Å². The molecule has 3 saturated heterocycles. The highest BCUT2D eigenvalue weighted by Gasteiger charge is 2.71. The van der Waals surface area contributed by atoms with Gasteiger partial charge in [-0.1, -0.05) is 28.9 Å². The van der Waals surface area contributed by atoms with E-state index in [1.807, 2.05) is 12.1 Å². The molecule has 0 aromatic heterocycles. The Morgan fingerprint density at radius 3 is 2.35 bits per heavy atom. The summed E-state index contributed by atoms with van der Waals surface area (Å²) < 4.78 is 5.97. The standard InChI is InChI=1S/C16H13ClN2O4/c1-19-15(20)8-9(16(19)21)13-14-10(12(8)22-13)11(18-23-14)6-2-4-7(17)5-3-6/h2-5,8-10,12-14H,1H3/t8-,9+,10+,12-,13-,14+/m1/s1. The van der Waals surface area contributed by atoms with Gasteiger partial charge in [0.15, 0.2) is 6.10 Å². The number of rotatable bonds is 1. The monoisotopic (exact) mass is 332 g/mol. The van der Waals surface area contributed by atoms with Crippen LogP contribution in [0.3, 0.4) is 0 Å². The number of hydrogen-bond acceptors (Lipinski definition) is 5. The maximum atomic E-state index is 12.4. The average molecular weight is 333 g/mol. The molecule has 7 heteroatoms. The van der Waals surface area contributed by atoms with Crippen molar-refractivity contribution in [1.82, 2.24) is 4.90 Å². The molecule has 1 aromatic rings. The number of likely N-dealkylation sites (tertiary alicyclic amines) is 1. The Bertz CT molecular complexity index is 762. The molecule has 5 rings (SSSR count). The van der Waals surface area contributed by atoms with Crippen molar-refractivity contribution in [2.75, 3.05) is 7.05 Å². The largest absolute Gasteiger partial charge is 0.389 e. The van der Waals surface area contributed by atoms with Gasteiger partial charge in [-0.25, -0.2) is 0 Å². The summed E-state index contributed by atoms with van der Waals surface area (Å²) >= 11 is 5.93. The maximum Gasteiger partial charge on any atom is 0.235 e. The highest BCUT2D eigenvalue weighted by atomic mass is 35.5. The lowest BCUT2D eigenvalue weighted by Gasteiger charge is -2.26. The van der Waals surface area contributed by atoms with Crippen LogP contribution in [0.4, 0.5) is 0 Å². The normalized spacial score (nSPS) is 40.3. The molecule has 2 amide bonds. The second-order valence-electron chi connectivity index (χ2n) is 6.43. The Kier molecular flexibility index (Phi) is 2.54. The van der Waals surface area contributed by atoms with Gasteiger partial charge in [0.1, 0.15) is 6.10 Å². The SMILES string of the molecule is CN1C(=O)[C@@H]2[C@H]3O[C@@H]([C@@H]4C(c5ccc(Cl)cc5)=NO[C@H]34)[C@@H]2C1=O. The van der Waals surface area contributed by atoms with Gasteiger partial charge < -0.3 is 9.57 Å².